The summed E-state index contributed by atoms with van der Waals surface area (Å²) in [7, 11) is 0. The van der Waals surface area contributed by atoms with Crippen LogP contribution in [0.2, 0.25) is 0 Å². The zero-order valence-electron chi connectivity index (χ0n) is 18.5. The summed E-state index contributed by atoms with van der Waals surface area (Å²) in [6, 6.07) is 15.5. The quantitative estimate of drug-likeness (QED) is 0.521. The number of amides is 2. The van der Waals surface area contributed by atoms with E-state index < -0.39 is 18.1 Å². The van der Waals surface area contributed by atoms with Crippen molar-refractivity contribution in [2.45, 2.75) is 45.1 Å². The SMILES string of the molecule is CCC(NC(=O)CCC(C)CNC(=O)OCC1c2ccccc2-c2ccccc21)C(=O)O. The molecule has 2 atom stereocenters. The van der Waals surface area contributed by atoms with Crippen LogP contribution < -0.4 is 10.6 Å². The second kappa shape index (κ2) is 10.8. The van der Waals surface area contributed by atoms with Crippen molar-refractivity contribution >= 4 is 18.0 Å². The molecule has 32 heavy (non-hydrogen) atoms. The van der Waals surface area contributed by atoms with Crippen LogP contribution in [0, 0.1) is 5.92 Å². The normalized spacial score (nSPS) is 14.1. The third-order valence-corrected chi connectivity index (χ3v) is 5.84. The average molecular weight is 439 g/mol. The van der Waals surface area contributed by atoms with Crippen LogP contribution in [0.1, 0.15) is 50.2 Å². The fraction of sp³-hybridized carbons (Fsp3) is 0.400. The lowest BCUT2D eigenvalue weighted by Crippen LogP contribution is -2.40. The van der Waals surface area contributed by atoms with Gasteiger partial charge in [-0.15, -0.1) is 0 Å². The highest BCUT2D eigenvalue weighted by Crippen LogP contribution is 2.44. The van der Waals surface area contributed by atoms with Crippen LogP contribution in [0.25, 0.3) is 11.1 Å². The highest BCUT2D eigenvalue weighted by Gasteiger charge is 2.29. The minimum Gasteiger partial charge on any atom is -0.480 e. The smallest absolute Gasteiger partial charge is 0.407 e. The van der Waals surface area contributed by atoms with Crippen molar-refractivity contribution in [2.75, 3.05) is 13.2 Å². The molecule has 0 saturated carbocycles. The Morgan fingerprint density at radius 3 is 2.19 bits per heavy atom. The summed E-state index contributed by atoms with van der Waals surface area (Å²) < 4.78 is 5.51. The average Bonchev–Trinajstić information content (AvgIpc) is 3.12. The first-order valence-electron chi connectivity index (χ1n) is 11.0. The molecule has 0 fully saturated rings. The van der Waals surface area contributed by atoms with E-state index in [1.54, 1.807) is 6.92 Å². The minimum absolute atomic E-state index is 0.00927. The monoisotopic (exact) mass is 438 g/mol. The molecule has 0 spiro atoms. The second-order valence-corrected chi connectivity index (χ2v) is 8.22. The summed E-state index contributed by atoms with van der Waals surface area (Å²) in [5.74, 6) is -1.28. The molecule has 0 aliphatic heterocycles. The van der Waals surface area contributed by atoms with E-state index >= 15 is 0 Å². The van der Waals surface area contributed by atoms with Crippen LogP contribution in [-0.4, -0.2) is 42.3 Å². The Hall–Kier alpha value is -3.35. The molecule has 1 aliphatic carbocycles. The lowest BCUT2D eigenvalue weighted by molar-refractivity contribution is -0.141. The number of fused-ring (bicyclic) bond motifs is 3. The van der Waals surface area contributed by atoms with Crippen molar-refractivity contribution in [3.05, 3.63) is 59.7 Å². The molecule has 2 amide bonds. The van der Waals surface area contributed by atoms with E-state index in [0.717, 1.165) is 11.1 Å². The summed E-state index contributed by atoms with van der Waals surface area (Å²) in [5, 5.41) is 14.3. The summed E-state index contributed by atoms with van der Waals surface area (Å²) >= 11 is 0. The van der Waals surface area contributed by atoms with Crippen LogP contribution in [-0.2, 0) is 14.3 Å². The predicted molar refractivity (Wildman–Crippen MR) is 121 cm³/mol. The number of hydrogen-bond donors (Lipinski definition) is 3. The third-order valence-electron chi connectivity index (χ3n) is 5.84. The second-order valence-electron chi connectivity index (χ2n) is 8.22. The van der Waals surface area contributed by atoms with E-state index in [1.165, 1.54) is 11.1 Å². The van der Waals surface area contributed by atoms with Crippen molar-refractivity contribution in [1.29, 1.82) is 0 Å². The summed E-state index contributed by atoms with van der Waals surface area (Å²) in [6.45, 7) is 4.26. The van der Waals surface area contributed by atoms with Gasteiger partial charge in [-0.3, -0.25) is 4.79 Å². The van der Waals surface area contributed by atoms with Gasteiger partial charge in [0.15, 0.2) is 0 Å². The lowest BCUT2D eigenvalue weighted by Gasteiger charge is -2.16. The number of carbonyl (C=O) groups is 3. The third kappa shape index (κ3) is 5.66. The van der Waals surface area contributed by atoms with Crippen molar-refractivity contribution < 1.29 is 24.2 Å². The van der Waals surface area contributed by atoms with Crippen molar-refractivity contribution in [1.82, 2.24) is 10.6 Å². The molecule has 3 N–H and O–H groups in total. The maximum absolute atomic E-state index is 12.2. The number of nitrogens with one attached hydrogen (secondary N) is 2. The van der Waals surface area contributed by atoms with E-state index in [2.05, 4.69) is 34.9 Å². The van der Waals surface area contributed by atoms with Gasteiger partial charge in [0.2, 0.25) is 5.91 Å². The number of benzene rings is 2. The van der Waals surface area contributed by atoms with Gasteiger partial charge in [-0.2, -0.15) is 0 Å². The number of alkyl carbamates (subject to hydrolysis) is 1. The molecule has 7 heteroatoms. The molecule has 2 aromatic rings. The maximum Gasteiger partial charge on any atom is 0.407 e. The maximum atomic E-state index is 12.2. The van der Waals surface area contributed by atoms with E-state index in [1.807, 2.05) is 31.2 Å². The number of ether oxygens (including phenoxy) is 1. The Morgan fingerprint density at radius 2 is 1.62 bits per heavy atom. The Kier molecular flexibility index (Phi) is 7.87. The molecular weight excluding hydrogens is 408 g/mol. The first-order valence-corrected chi connectivity index (χ1v) is 11.0. The summed E-state index contributed by atoms with van der Waals surface area (Å²) in [5.41, 5.74) is 4.68. The fourth-order valence-electron chi connectivity index (χ4n) is 3.99. The zero-order chi connectivity index (χ0) is 23.1. The van der Waals surface area contributed by atoms with Gasteiger partial charge in [0.05, 0.1) is 0 Å². The fourth-order valence-corrected chi connectivity index (χ4v) is 3.99. The Balaban J connectivity index is 1.43. The van der Waals surface area contributed by atoms with Crippen LogP contribution in [0.15, 0.2) is 48.5 Å². The van der Waals surface area contributed by atoms with Gasteiger partial charge in [-0.25, -0.2) is 9.59 Å². The first-order chi connectivity index (χ1) is 15.4. The largest absolute Gasteiger partial charge is 0.480 e. The molecular formula is C25H30N2O5. The van der Waals surface area contributed by atoms with Crippen molar-refractivity contribution in [2.24, 2.45) is 5.92 Å². The van der Waals surface area contributed by atoms with Gasteiger partial charge in [0, 0.05) is 18.9 Å². The van der Waals surface area contributed by atoms with E-state index in [-0.39, 0.29) is 30.8 Å². The molecule has 0 radical (unpaired) electrons. The first kappa shape index (κ1) is 23.3. The van der Waals surface area contributed by atoms with Gasteiger partial charge >= 0.3 is 12.1 Å². The summed E-state index contributed by atoms with van der Waals surface area (Å²) in [4.78, 5) is 35.2. The molecule has 0 bridgehead atoms. The van der Waals surface area contributed by atoms with Crippen LogP contribution in [0.5, 0.6) is 0 Å². The van der Waals surface area contributed by atoms with Gasteiger partial charge in [-0.05, 0) is 41.0 Å². The Labute approximate surface area is 188 Å². The van der Waals surface area contributed by atoms with E-state index in [9.17, 15) is 14.4 Å². The lowest BCUT2D eigenvalue weighted by atomic mass is 9.98. The highest BCUT2D eigenvalue weighted by atomic mass is 16.5. The molecule has 2 aromatic carbocycles. The van der Waals surface area contributed by atoms with E-state index in [0.29, 0.717) is 19.4 Å². The van der Waals surface area contributed by atoms with E-state index in [4.69, 9.17) is 9.84 Å². The molecule has 2 unspecified atom stereocenters. The summed E-state index contributed by atoms with van der Waals surface area (Å²) in [6.07, 6.45) is 0.586. The molecule has 1 aliphatic rings. The predicted octanol–water partition coefficient (Wildman–Crippen LogP) is 3.92. The Bertz CT molecular complexity index is 929. The van der Waals surface area contributed by atoms with Crippen LogP contribution in [0.3, 0.4) is 0 Å². The van der Waals surface area contributed by atoms with Crippen LogP contribution in [0.4, 0.5) is 4.79 Å². The standard InChI is InChI=1S/C25H30N2O5/c1-3-22(24(29)30)27-23(28)13-12-16(2)14-26-25(31)32-15-21-19-10-6-4-8-17(19)18-9-5-7-11-20(18)21/h4-11,16,21-22H,3,12-15H2,1-2H3,(H,26,31)(H,27,28)(H,29,30). The molecule has 0 heterocycles. The van der Waals surface area contributed by atoms with Crippen LogP contribution >= 0.6 is 0 Å². The molecule has 7 nitrogen and oxygen atoms in total. The number of carboxylic acid groups (broad SMARTS) is 1. The van der Waals surface area contributed by atoms with Gasteiger partial charge < -0.3 is 20.5 Å². The highest BCUT2D eigenvalue weighted by molar-refractivity contribution is 5.83. The zero-order valence-corrected chi connectivity index (χ0v) is 18.5. The molecule has 0 aromatic heterocycles. The number of rotatable bonds is 10. The molecule has 0 saturated heterocycles. The van der Waals surface area contributed by atoms with Gasteiger partial charge in [0.25, 0.3) is 0 Å². The van der Waals surface area contributed by atoms with Gasteiger partial charge in [0.1, 0.15) is 12.6 Å². The number of carboxylic acids is 1. The minimum atomic E-state index is -1.04. The van der Waals surface area contributed by atoms with Crippen molar-refractivity contribution in [3.8, 4) is 11.1 Å². The van der Waals surface area contributed by atoms with Crippen molar-refractivity contribution in [3.63, 3.8) is 0 Å². The number of hydrogen-bond acceptors (Lipinski definition) is 4. The van der Waals surface area contributed by atoms with Gasteiger partial charge in [-0.1, -0.05) is 62.4 Å². The number of carbonyl (C=O) groups excluding carboxylic acids is 2. The topological polar surface area (TPSA) is 105 Å². The Morgan fingerprint density at radius 1 is 1.03 bits per heavy atom. The molecule has 170 valence electrons. The number of aliphatic carboxylic acids is 1. The molecule has 3 rings (SSSR count).